The first-order valence-corrected chi connectivity index (χ1v) is 4.30. The monoisotopic (exact) mass is 157 g/mol. The van der Waals surface area contributed by atoms with Gasteiger partial charge in [0.15, 0.2) is 0 Å². The van der Waals surface area contributed by atoms with Crippen molar-refractivity contribution in [2.24, 2.45) is 0 Å². The van der Waals surface area contributed by atoms with Crippen LogP contribution in [0, 0.1) is 0 Å². The van der Waals surface area contributed by atoms with Crippen molar-refractivity contribution in [3.8, 4) is 0 Å². The minimum absolute atomic E-state index is 0.205. The lowest BCUT2D eigenvalue weighted by atomic mass is 10.1. The molecule has 1 aliphatic rings. The second-order valence-corrected chi connectivity index (χ2v) is 4.11. The van der Waals surface area contributed by atoms with Crippen LogP contribution in [0.3, 0.4) is 0 Å². The molecule has 0 aromatic carbocycles. The highest BCUT2D eigenvalue weighted by Crippen LogP contribution is 2.00. The number of hydrogen-bond donors (Lipinski definition) is 3. The van der Waals surface area contributed by atoms with Gasteiger partial charge in [0.05, 0.1) is 6.17 Å². The molecule has 1 unspecified atom stereocenters. The Balaban J connectivity index is 2.24. The Morgan fingerprint density at radius 2 is 2.00 bits per heavy atom. The molecule has 3 N–H and O–H groups in total. The van der Waals surface area contributed by atoms with Gasteiger partial charge in [0.2, 0.25) is 0 Å². The molecule has 1 atom stereocenters. The van der Waals surface area contributed by atoms with Crippen LogP contribution in [-0.2, 0) is 0 Å². The summed E-state index contributed by atoms with van der Waals surface area (Å²) in [6.45, 7) is 9.73. The molecule has 3 heteroatoms. The lowest BCUT2D eigenvalue weighted by Gasteiger charge is -2.32. The minimum Gasteiger partial charge on any atom is -0.313 e. The molecule has 0 aliphatic carbocycles. The summed E-state index contributed by atoms with van der Waals surface area (Å²) in [6.07, 6.45) is 0.434. The largest absolute Gasteiger partial charge is 0.313 e. The van der Waals surface area contributed by atoms with Crippen LogP contribution in [0.25, 0.3) is 0 Å². The van der Waals surface area contributed by atoms with Gasteiger partial charge in [0.25, 0.3) is 0 Å². The third-order valence-corrected chi connectivity index (χ3v) is 1.65. The molecule has 1 aliphatic heterocycles. The number of hydrogen-bond acceptors (Lipinski definition) is 3. The summed E-state index contributed by atoms with van der Waals surface area (Å²) in [6, 6.07) is 0. The maximum absolute atomic E-state index is 3.48. The Kier molecular flexibility index (Phi) is 2.87. The van der Waals surface area contributed by atoms with E-state index in [2.05, 4.69) is 36.7 Å². The zero-order valence-electron chi connectivity index (χ0n) is 7.70. The Hall–Kier alpha value is -0.120. The zero-order chi connectivity index (χ0) is 8.32. The van der Waals surface area contributed by atoms with E-state index in [9.17, 15) is 0 Å². The molecule has 0 bridgehead atoms. The molecule has 0 saturated carbocycles. The van der Waals surface area contributed by atoms with Gasteiger partial charge in [-0.2, -0.15) is 0 Å². The zero-order valence-corrected chi connectivity index (χ0v) is 7.70. The van der Waals surface area contributed by atoms with Crippen LogP contribution in [0.1, 0.15) is 20.8 Å². The average molecular weight is 157 g/mol. The van der Waals surface area contributed by atoms with E-state index >= 15 is 0 Å². The molecule has 0 amide bonds. The van der Waals surface area contributed by atoms with Crippen molar-refractivity contribution in [3.05, 3.63) is 0 Å². The molecule has 0 radical (unpaired) electrons. The van der Waals surface area contributed by atoms with Crippen molar-refractivity contribution in [1.29, 1.82) is 0 Å². The molecule has 3 nitrogen and oxygen atoms in total. The van der Waals surface area contributed by atoms with Crippen molar-refractivity contribution in [1.82, 2.24) is 16.0 Å². The van der Waals surface area contributed by atoms with Crippen molar-refractivity contribution < 1.29 is 0 Å². The van der Waals surface area contributed by atoms with Crippen molar-refractivity contribution in [2.75, 3.05) is 19.6 Å². The summed E-state index contributed by atoms with van der Waals surface area (Å²) in [7, 11) is 0. The predicted octanol–water partition coefficient (Wildman–Crippen LogP) is -0.107. The van der Waals surface area contributed by atoms with E-state index < -0.39 is 0 Å². The highest BCUT2D eigenvalue weighted by atomic mass is 15.2. The van der Waals surface area contributed by atoms with Crippen molar-refractivity contribution >= 4 is 0 Å². The summed E-state index contributed by atoms with van der Waals surface area (Å²) < 4.78 is 0. The van der Waals surface area contributed by atoms with Crippen LogP contribution in [0.15, 0.2) is 0 Å². The molecule has 1 fully saturated rings. The van der Waals surface area contributed by atoms with Gasteiger partial charge in [-0.1, -0.05) is 0 Å². The summed E-state index contributed by atoms with van der Waals surface area (Å²) in [5, 5.41) is 10.2. The topological polar surface area (TPSA) is 36.1 Å². The van der Waals surface area contributed by atoms with Crippen molar-refractivity contribution in [2.45, 2.75) is 32.5 Å². The first-order valence-electron chi connectivity index (χ1n) is 4.30. The molecular formula is C8H19N3. The number of nitrogens with one attached hydrogen (secondary N) is 3. The van der Waals surface area contributed by atoms with Crippen LogP contribution >= 0.6 is 0 Å². The molecule has 66 valence electrons. The van der Waals surface area contributed by atoms with E-state index in [4.69, 9.17) is 0 Å². The normalized spacial score (nSPS) is 27.0. The Morgan fingerprint density at radius 3 is 2.45 bits per heavy atom. The van der Waals surface area contributed by atoms with Crippen molar-refractivity contribution in [3.63, 3.8) is 0 Å². The average Bonchev–Trinajstić information content (AvgIpc) is 1.85. The van der Waals surface area contributed by atoms with E-state index in [1.807, 2.05) is 0 Å². The SMILES string of the molecule is CC(C)(C)NC1CNCCN1. The fraction of sp³-hybridized carbons (Fsp3) is 1.00. The van der Waals surface area contributed by atoms with Crippen LogP contribution < -0.4 is 16.0 Å². The molecule has 0 aromatic rings. The first kappa shape index (κ1) is 8.97. The van der Waals surface area contributed by atoms with E-state index in [0.717, 1.165) is 19.6 Å². The summed E-state index contributed by atoms with van der Waals surface area (Å²) in [5.41, 5.74) is 0.205. The fourth-order valence-electron chi connectivity index (χ4n) is 1.28. The van der Waals surface area contributed by atoms with Gasteiger partial charge < -0.3 is 5.32 Å². The van der Waals surface area contributed by atoms with Gasteiger partial charge in [-0.3, -0.25) is 10.6 Å². The Bertz CT molecular complexity index is 111. The van der Waals surface area contributed by atoms with Crippen LogP contribution in [-0.4, -0.2) is 31.3 Å². The van der Waals surface area contributed by atoms with E-state index in [1.54, 1.807) is 0 Å². The predicted molar refractivity (Wildman–Crippen MR) is 47.5 cm³/mol. The van der Waals surface area contributed by atoms with Crippen LogP contribution in [0.4, 0.5) is 0 Å². The fourth-order valence-corrected chi connectivity index (χ4v) is 1.28. The van der Waals surface area contributed by atoms with Gasteiger partial charge >= 0.3 is 0 Å². The third kappa shape index (κ3) is 3.70. The molecule has 0 spiro atoms. The van der Waals surface area contributed by atoms with Crippen LogP contribution in [0.5, 0.6) is 0 Å². The van der Waals surface area contributed by atoms with Gasteiger partial charge in [0, 0.05) is 25.2 Å². The summed E-state index contributed by atoms with van der Waals surface area (Å²) >= 11 is 0. The number of rotatable bonds is 1. The molecule has 1 rings (SSSR count). The second-order valence-electron chi connectivity index (χ2n) is 4.11. The molecular weight excluding hydrogens is 138 g/mol. The molecule has 11 heavy (non-hydrogen) atoms. The molecule has 0 aromatic heterocycles. The minimum atomic E-state index is 0.205. The van der Waals surface area contributed by atoms with E-state index in [-0.39, 0.29) is 5.54 Å². The third-order valence-electron chi connectivity index (χ3n) is 1.65. The molecule has 1 heterocycles. The lowest BCUT2D eigenvalue weighted by Crippen LogP contribution is -2.59. The maximum atomic E-state index is 3.48. The van der Waals surface area contributed by atoms with Gasteiger partial charge in [0.1, 0.15) is 0 Å². The summed E-state index contributed by atoms with van der Waals surface area (Å²) in [4.78, 5) is 0. The molecule has 1 saturated heterocycles. The van der Waals surface area contributed by atoms with Gasteiger partial charge in [-0.05, 0) is 20.8 Å². The highest BCUT2D eigenvalue weighted by Gasteiger charge is 2.17. The summed E-state index contributed by atoms with van der Waals surface area (Å²) in [5.74, 6) is 0. The maximum Gasteiger partial charge on any atom is 0.0704 e. The smallest absolute Gasteiger partial charge is 0.0704 e. The van der Waals surface area contributed by atoms with Gasteiger partial charge in [-0.25, -0.2) is 0 Å². The second kappa shape index (κ2) is 3.52. The standard InChI is InChI=1S/C8H19N3/c1-8(2,3)11-7-6-9-4-5-10-7/h7,9-11H,4-6H2,1-3H3. The van der Waals surface area contributed by atoms with Crippen LogP contribution in [0.2, 0.25) is 0 Å². The lowest BCUT2D eigenvalue weighted by molar-refractivity contribution is 0.285. The van der Waals surface area contributed by atoms with E-state index in [0.29, 0.717) is 6.17 Å². The number of piperazine rings is 1. The Morgan fingerprint density at radius 1 is 1.27 bits per heavy atom. The quantitative estimate of drug-likeness (QED) is 0.497. The Labute approximate surface area is 68.9 Å². The van der Waals surface area contributed by atoms with Gasteiger partial charge in [-0.15, -0.1) is 0 Å². The van der Waals surface area contributed by atoms with E-state index in [1.165, 1.54) is 0 Å². The first-order chi connectivity index (χ1) is 5.08. The highest BCUT2D eigenvalue weighted by molar-refractivity contribution is 4.80.